The molecular weight excluding hydrogens is 502 g/mol. The fraction of sp³-hybridized carbons (Fsp3) is 0.394. The van der Waals surface area contributed by atoms with Gasteiger partial charge in [-0.1, -0.05) is 42.5 Å². The maximum Gasteiger partial charge on any atom is 0.257 e. The summed E-state index contributed by atoms with van der Waals surface area (Å²) in [5, 5.41) is 3.03. The molecule has 1 N–H and O–H groups in total. The van der Waals surface area contributed by atoms with Gasteiger partial charge in [-0.25, -0.2) is 0 Å². The lowest BCUT2D eigenvalue weighted by Gasteiger charge is -2.33. The number of aryl methyl sites for hydroxylation is 2. The summed E-state index contributed by atoms with van der Waals surface area (Å²) in [6.45, 7) is 8.20. The monoisotopic (exact) mass is 541 g/mol. The topological polar surface area (TPSA) is 71.1 Å². The number of rotatable bonds is 7. The maximum absolute atomic E-state index is 13.3. The van der Waals surface area contributed by atoms with Gasteiger partial charge >= 0.3 is 0 Å². The number of carbonyl (C=O) groups is 2. The van der Waals surface area contributed by atoms with E-state index in [2.05, 4.69) is 34.5 Å². The van der Waals surface area contributed by atoms with E-state index in [1.807, 2.05) is 61.2 Å². The van der Waals surface area contributed by atoms with Gasteiger partial charge in [0, 0.05) is 38.4 Å². The lowest BCUT2D eigenvalue weighted by atomic mass is 9.89. The summed E-state index contributed by atoms with van der Waals surface area (Å²) in [5.41, 5.74) is 6.08. The molecule has 2 amide bonds. The molecule has 40 heavy (non-hydrogen) atoms. The van der Waals surface area contributed by atoms with Gasteiger partial charge in [0.2, 0.25) is 0 Å². The average Bonchev–Trinajstić information content (AvgIpc) is 2.99. The van der Waals surface area contributed by atoms with Gasteiger partial charge in [-0.3, -0.25) is 14.5 Å². The predicted octanol–water partition coefficient (Wildman–Crippen LogP) is 5.17. The summed E-state index contributed by atoms with van der Waals surface area (Å²) < 4.78 is 11.3. The highest BCUT2D eigenvalue weighted by atomic mass is 16.5. The summed E-state index contributed by atoms with van der Waals surface area (Å²) >= 11 is 0. The van der Waals surface area contributed by atoms with Gasteiger partial charge in [-0.2, -0.15) is 0 Å². The molecule has 2 heterocycles. The highest BCUT2D eigenvalue weighted by Gasteiger charge is 2.28. The van der Waals surface area contributed by atoms with Crippen LogP contribution in [0.15, 0.2) is 66.7 Å². The smallest absolute Gasteiger partial charge is 0.257 e. The van der Waals surface area contributed by atoms with E-state index >= 15 is 0 Å². The molecule has 210 valence electrons. The predicted molar refractivity (Wildman–Crippen MR) is 157 cm³/mol. The van der Waals surface area contributed by atoms with E-state index in [1.54, 1.807) is 7.11 Å². The minimum Gasteiger partial charge on any atom is -0.496 e. The van der Waals surface area contributed by atoms with Crippen molar-refractivity contribution in [1.82, 2.24) is 9.80 Å². The van der Waals surface area contributed by atoms with Gasteiger partial charge in [-0.15, -0.1) is 0 Å². The first kappa shape index (κ1) is 27.9. The van der Waals surface area contributed by atoms with Crippen LogP contribution in [0.5, 0.6) is 5.75 Å². The second-order valence-corrected chi connectivity index (χ2v) is 10.9. The molecule has 0 spiro atoms. The number of hydrogen-bond acceptors (Lipinski definition) is 5. The van der Waals surface area contributed by atoms with E-state index < -0.39 is 6.10 Å². The number of benzene rings is 3. The summed E-state index contributed by atoms with van der Waals surface area (Å²) in [7, 11) is 1.61. The van der Waals surface area contributed by atoms with Crippen LogP contribution in [0.3, 0.4) is 0 Å². The standard InChI is InChI=1S/C33H39N3O4/c1-23-19-29(30(39-3)20-24(23)2)33(38)36-15-13-27(14-16-36)26-9-11-28(12-10-26)34-32(37)31-22-35(17-18-40-31)21-25-7-5-4-6-8-25/h4-12,19-20,27,31H,13-18,21-22H2,1-3H3,(H,34,37). The van der Waals surface area contributed by atoms with Crippen molar-refractivity contribution in [2.24, 2.45) is 0 Å². The molecule has 0 bridgehead atoms. The Hall–Kier alpha value is -3.68. The summed E-state index contributed by atoms with van der Waals surface area (Å²) in [6.07, 6.45) is 1.31. The number of piperidine rings is 1. The van der Waals surface area contributed by atoms with E-state index in [-0.39, 0.29) is 11.8 Å². The first-order valence-corrected chi connectivity index (χ1v) is 14.1. The number of methoxy groups -OCH3 is 1. The Morgan fingerprint density at radius 3 is 2.35 bits per heavy atom. The molecule has 3 aromatic rings. The first-order chi connectivity index (χ1) is 19.4. The highest BCUT2D eigenvalue weighted by Crippen LogP contribution is 2.31. The molecule has 2 saturated heterocycles. The minimum atomic E-state index is -0.491. The molecule has 0 aromatic heterocycles. The third kappa shape index (κ3) is 6.54. The van der Waals surface area contributed by atoms with Crippen LogP contribution < -0.4 is 10.1 Å². The molecule has 2 fully saturated rings. The quantitative estimate of drug-likeness (QED) is 0.447. The van der Waals surface area contributed by atoms with Gasteiger partial charge in [0.25, 0.3) is 11.8 Å². The summed E-state index contributed by atoms with van der Waals surface area (Å²) in [6, 6.07) is 22.3. The second-order valence-electron chi connectivity index (χ2n) is 10.9. The molecule has 5 rings (SSSR count). The fourth-order valence-corrected chi connectivity index (χ4v) is 5.62. The van der Waals surface area contributed by atoms with Crippen molar-refractivity contribution < 1.29 is 19.1 Å². The molecule has 0 aliphatic carbocycles. The van der Waals surface area contributed by atoms with Gasteiger partial charge < -0.3 is 19.7 Å². The zero-order valence-electron chi connectivity index (χ0n) is 23.7. The molecule has 1 atom stereocenters. The van der Waals surface area contributed by atoms with Crippen LogP contribution in [0.25, 0.3) is 0 Å². The fourth-order valence-electron chi connectivity index (χ4n) is 5.62. The van der Waals surface area contributed by atoms with Crippen LogP contribution >= 0.6 is 0 Å². The summed E-state index contributed by atoms with van der Waals surface area (Å²) in [4.78, 5) is 30.4. The Labute approximate surface area is 237 Å². The number of amides is 2. The molecular formula is C33H39N3O4. The molecule has 0 radical (unpaired) electrons. The third-order valence-corrected chi connectivity index (χ3v) is 8.17. The van der Waals surface area contributed by atoms with Crippen LogP contribution in [0.2, 0.25) is 0 Å². The van der Waals surface area contributed by atoms with Gasteiger partial charge in [0.1, 0.15) is 11.9 Å². The largest absolute Gasteiger partial charge is 0.496 e. The number of nitrogens with zero attached hydrogens (tertiary/aromatic N) is 2. The second kappa shape index (κ2) is 12.7. The Bertz CT molecular complexity index is 1320. The number of hydrogen-bond donors (Lipinski definition) is 1. The Balaban J connectivity index is 1.13. The Morgan fingerprint density at radius 2 is 1.65 bits per heavy atom. The van der Waals surface area contributed by atoms with E-state index in [0.717, 1.165) is 42.7 Å². The average molecular weight is 542 g/mol. The van der Waals surface area contributed by atoms with Crippen molar-refractivity contribution in [3.8, 4) is 5.75 Å². The third-order valence-electron chi connectivity index (χ3n) is 8.17. The van der Waals surface area contributed by atoms with Crippen molar-refractivity contribution in [2.75, 3.05) is 45.2 Å². The number of carbonyl (C=O) groups excluding carboxylic acids is 2. The van der Waals surface area contributed by atoms with Crippen LogP contribution in [0.1, 0.15) is 51.4 Å². The summed E-state index contributed by atoms with van der Waals surface area (Å²) in [5.74, 6) is 0.932. The Morgan fingerprint density at radius 1 is 0.950 bits per heavy atom. The number of ether oxygens (including phenoxy) is 2. The number of likely N-dealkylation sites (tertiary alicyclic amines) is 1. The minimum absolute atomic E-state index is 0.0312. The lowest BCUT2D eigenvalue weighted by Crippen LogP contribution is -2.47. The van der Waals surface area contributed by atoms with E-state index in [0.29, 0.717) is 43.5 Å². The molecule has 1 unspecified atom stereocenters. The van der Waals surface area contributed by atoms with E-state index in [1.165, 1.54) is 11.1 Å². The molecule has 3 aromatic carbocycles. The molecule has 0 saturated carbocycles. The number of nitrogens with one attached hydrogen (secondary N) is 1. The van der Waals surface area contributed by atoms with E-state index in [4.69, 9.17) is 9.47 Å². The number of morpholine rings is 1. The molecule has 2 aliphatic heterocycles. The SMILES string of the molecule is COc1cc(C)c(C)cc1C(=O)N1CCC(c2ccc(NC(=O)C3CN(Cc4ccccc4)CCO3)cc2)CC1. The van der Waals surface area contributed by atoms with Gasteiger partial charge in [0.05, 0.1) is 19.3 Å². The maximum atomic E-state index is 13.3. The highest BCUT2D eigenvalue weighted by molar-refractivity contribution is 5.97. The van der Waals surface area contributed by atoms with Crippen LogP contribution in [-0.2, 0) is 16.1 Å². The van der Waals surface area contributed by atoms with E-state index in [9.17, 15) is 9.59 Å². The Kier molecular flexibility index (Phi) is 8.82. The molecule has 2 aliphatic rings. The first-order valence-electron chi connectivity index (χ1n) is 14.1. The molecule has 7 nitrogen and oxygen atoms in total. The zero-order chi connectivity index (χ0) is 28.1. The molecule has 7 heteroatoms. The van der Waals surface area contributed by atoms with Crippen molar-refractivity contribution in [1.29, 1.82) is 0 Å². The van der Waals surface area contributed by atoms with Crippen molar-refractivity contribution in [3.63, 3.8) is 0 Å². The van der Waals surface area contributed by atoms with Crippen molar-refractivity contribution in [2.45, 2.75) is 45.3 Å². The zero-order valence-corrected chi connectivity index (χ0v) is 23.7. The van der Waals surface area contributed by atoms with Crippen LogP contribution in [-0.4, -0.2) is 67.6 Å². The van der Waals surface area contributed by atoms with Crippen LogP contribution in [0, 0.1) is 13.8 Å². The van der Waals surface area contributed by atoms with Gasteiger partial charge in [-0.05, 0) is 79.1 Å². The van der Waals surface area contributed by atoms with Crippen molar-refractivity contribution >= 4 is 17.5 Å². The normalized spacial score (nSPS) is 18.4. The van der Waals surface area contributed by atoms with Gasteiger partial charge in [0.15, 0.2) is 0 Å². The lowest BCUT2D eigenvalue weighted by molar-refractivity contribution is -0.133. The number of anilines is 1. The van der Waals surface area contributed by atoms with Crippen molar-refractivity contribution in [3.05, 3.63) is 94.5 Å². The van der Waals surface area contributed by atoms with Crippen LogP contribution in [0.4, 0.5) is 5.69 Å².